The normalized spacial score (nSPS) is 11.4. The van der Waals surface area contributed by atoms with E-state index in [4.69, 9.17) is 9.47 Å². The molecule has 27 heavy (non-hydrogen) atoms. The fourth-order valence-electron chi connectivity index (χ4n) is 2.16. The minimum atomic E-state index is -0.495. The highest BCUT2D eigenvalue weighted by atomic mass is 127. The highest BCUT2D eigenvalue weighted by Crippen LogP contribution is 2.08. The van der Waals surface area contributed by atoms with Gasteiger partial charge < -0.3 is 25.4 Å². The molecule has 0 heterocycles. The zero-order valence-corrected chi connectivity index (χ0v) is 19.3. The zero-order chi connectivity index (χ0) is 19.4. The van der Waals surface area contributed by atoms with Gasteiger partial charge in [0, 0.05) is 26.7 Å². The predicted octanol–water partition coefficient (Wildman–Crippen LogP) is 3.03. The summed E-state index contributed by atoms with van der Waals surface area (Å²) in [7, 11) is 1.68. The average molecular weight is 492 g/mol. The van der Waals surface area contributed by atoms with Crippen molar-refractivity contribution in [1.29, 1.82) is 0 Å². The van der Waals surface area contributed by atoms with Gasteiger partial charge in [0.25, 0.3) is 0 Å². The molecule has 0 fully saturated rings. The van der Waals surface area contributed by atoms with Crippen LogP contribution in [0.4, 0.5) is 4.79 Å². The molecule has 0 unspecified atom stereocenters. The number of amides is 1. The summed E-state index contributed by atoms with van der Waals surface area (Å²) in [6, 6.07) is 8.16. The summed E-state index contributed by atoms with van der Waals surface area (Å²) in [5, 5.41) is 9.09. The van der Waals surface area contributed by atoms with Crippen molar-refractivity contribution in [2.24, 2.45) is 4.99 Å². The highest BCUT2D eigenvalue weighted by Gasteiger charge is 2.15. The van der Waals surface area contributed by atoms with Crippen molar-refractivity contribution in [2.45, 2.75) is 46.4 Å². The van der Waals surface area contributed by atoms with Crippen LogP contribution in [-0.4, -0.2) is 44.4 Å². The first kappa shape index (κ1) is 25.4. The minimum absolute atomic E-state index is 0. The predicted molar refractivity (Wildman–Crippen MR) is 120 cm³/mol. The van der Waals surface area contributed by atoms with Crippen molar-refractivity contribution in [1.82, 2.24) is 16.0 Å². The Morgan fingerprint density at radius 1 is 1.11 bits per heavy atom. The molecule has 154 valence electrons. The molecule has 0 atom stereocenters. The minimum Gasteiger partial charge on any atom is -0.444 e. The Kier molecular flexibility index (Phi) is 12.8. The number of halogens is 1. The van der Waals surface area contributed by atoms with Crippen LogP contribution in [-0.2, 0) is 22.6 Å². The van der Waals surface area contributed by atoms with Gasteiger partial charge in [-0.25, -0.2) is 9.79 Å². The monoisotopic (exact) mass is 492 g/mol. The summed E-state index contributed by atoms with van der Waals surface area (Å²) in [6.45, 7) is 10.4. The Labute approximate surface area is 179 Å². The van der Waals surface area contributed by atoms with Gasteiger partial charge in [-0.1, -0.05) is 24.3 Å². The highest BCUT2D eigenvalue weighted by molar-refractivity contribution is 14.0. The molecule has 0 saturated carbocycles. The summed E-state index contributed by atoms with van der Waals surface area (Å²) in [5.74, 6) is 0.704. The number of aliphatic imine (C=N–C) groups is 1. The standard InChI is InChI=1S/C19H32N4O3.HI/c1-6-20-17(21-10-11-22-18(24)26-19(2,3)4)23-13-15-8-7-9-16(12-15)14-25-5;/h7-9,12H,6,10-11,13-14H2,1-5H3,(H,22,24)(H2,20,21,23);1H. The van der Waals surface area contributed by atoms with E-state index in [-0.39, 0.29) is 24.0 Å². The number of hydrogen-bond acceptors (Lipinski definition) is 4. The van der Waals surface area contributed by atoms with Crippen LogP contribution in [0.3, 0.4) is 0 Å². The molecule has 7 nitrogen and oxygen atoms in total. The molecule has 0 radical (unpaired) electrons. The van der Waals surface area contributed by atoms with E-state index >= 15 is 0 Å². The quantitative estimate of drug-likeness (QED) is 0.225. The molecule has 1 amide bonds. The molecular weight excluding hydrogens is 459 g/mol. The van der Waals surface area contributed by atoms with Crippen molar-refractivity contribution in [3.63, 3.8) is 0 Å². The fourth-order valence-corrected chi connectivity index (χ4v) is 2.16. The van der Waals surface area contributed by atoms with Gasteiger partial charge in [-0.3, -0.25) is 0 Å². The molecule has 0 bridgehead atoms. The lowest BCUT2D eigenvalue weighted by molar-refractivity contribution is 0.0529. The van der Waals surface area contributed by atoms with E-state index < -0.39 is 11.7 Å². The van der Waals surface area contributed by atoms with Gasteiger partial charge in [-0.15, -0.1) is 24.0 Å². The van der Waals surface area contributed by atoms with Crippen molar-refractivity contribution < 1.29 is 14.3 Å². The van der Waals surface area contributed by atoms with Crippen LogP contribution in [0.25, 0.3) is 0 Å². The van der Waals surface area contributed by atoms with Gasteiger partial charge in [0.05, 0.1) is 13.2 Å². The van der Waals surface area contributed by atoms with Crippen molar-refractivity contribution >= 4 is 36.0 Å². The number of guanidine groups is 1. The Balaban J connectivity index is 0.00000676. The number of rotatable bonds is 8. The molecule has 0 aliphatic rings. The number of ether oxygens (including phenoxy) is 2. The average Bonchev–Trinajstić information content (AvgIpc) is 2.55. The van der Waals surface area contributed by atoms with Crippen LogP contribution in [0, 0.1) is 0 Å². The maximum atomic E-state index is 11.6. The van der Waals surface area contributed by atoms with E-state index in [0.29, 0.717) is 32.2 Å². The summed E-state index contributed by atoms with van der Waals surface area (Å²) < 4.78 is 10.4. The van der Waals surface area contributed by atoms with Crippen LogP contribution < -0.4 is 16.0 Å². The number of carbonyl (C=O) groups excluding carboxylic acids is 1. The second-order valence-electron chi connectivity index (χ2n) is 6.80. The lowest BCUT2D eigenvalue weighted by Crippen LogP contribution is -2.42. The van der Waals surface area contributed by atoms with Gasteiger partial charge >= 0.3 is 6.09 Å². The number of nitrogens with zero attached hydrogens (tertiary/aromatic N) is 1. The number of methoxy groups -OCH3 is 1. The number of carbonyl (C=O) groups is 1. The second kappa shape index (κ2) is 13.6. The van der Waals surface area contributed by atoms with Gasteiger partial charge in [0.15, 0.2) is 5.96 Å². The molecule has 3 N–H and O–H groups in total. The van der Waals surface area contributed by atoms with Gasteiger partial charge in [-0.2, -0.15) is 0 Å². The Bertz CT molecular complexity index is 589. The number of benzene rings is 1. The first-order valence-electron chi connectivity index (χ1n) is 8.90. The molecule has 8 heteroatoms. The second-order valence-corrected chi connectivity index (χ2v) is 6.80. The summed E-state index contributed by atoms with van der Waals surface area (Å²) in [6.07, 6.45) is -0.420. The maximum Gasteiger partial charge on any atom is 0.407 e. The number of alkyl carbamates (subject to hydrolysis) is 1. The Hall–Kier alpha value is -1.55. The van der Waals surface area contributed by atoms with Crippen molar-refractivity contribution in [2.75, 3.05) is 26.7 Å². The van der Waals surface area contributed by atoms with Crippen LogP contribution in [0.15, 0.2) is 29.3 Å². The van der Waals surface area contributed by atoms with E-state index in [9.17, 15) is 4.79 Å². The molecule has 0 saturated heterocycles. The third-order valence-electron chi connectivity index (χ3n) is 3.15. The van der Waals surface area contributed by atoms with Crippen LogP contribution in [0.5, 0.6) is 0 Å². The Morgan fingerprint density at radius 3 is 2.41 bits per heavy atom. The lowest BCUT2D eigenvalue weighted by atomic mass is 10.1. The fraction of sp³-hybridized carbons (Fsp3) is 0.579. The Morgan fingerprint density at radius 2 is 1.78 bits per heavy atom. The summed E-state index contributed by atoms with van der Waals surface area (Å²) in [5.41, 5.74) is 1.74. The molecule has 0 aliphatic heterocycles. The first-order chi connectivity index (χ1) is 12.3. The molecular formula is C19H33IN4O3. The molecule has 1 rings (SSSR count). The molecule has 0 spiro atoms. The topological polar surface area (TPSA) is 84.0 Å². The zero-order valence-electron chi connectivity index (χ0n) is 16.9. The third kappa shape index (κ3) is 12.5. The number of hydrogen-bond donors (Lipinski definition) is 3. The van der Waals surface area contributed by atoms with E-state index in [1.165, 1.54) is 0 Å². The SMILES string of the molecule is CCNC(=NCc1cccc(COC)c1)NCCNC(=O)OC(C)(C)C.I. The number of nitrogens with one attached hydrogen (secondary N) is 3. The first-order valence-corrected chi connectivity index (χ1v) is 8.90. The van der Waals surface area contributed by atoms with Gasteiger partial charge in [-0.05, 0) is 38.8 Å². The summed E-state index contributed by atoms with van der Waals surface area (Å²) in [4.78, 5) is 16.2. The maximum absolute atomic E-state index is 11.6. The van der Waals surface area contributed by atoms with Gasteiger partial charge in [0.1, 0.15) is 5.60 Å². The third-order valence-corrected chi connectivity index (χ3v) is 3.15. The van der Waals surface area contributed by atoms with Crippen molar-refractivity contribution in [3.8, 4) is 0 Å². The lowest BCUT2D eigenvalue weighted by Gasteiger charge is -2.19. The summed E-state index contributed by atoms with van der Waals surface area (Å²) >= 11 is 0. The molecule has 0 aliphatic carbocycles. The molecule has 0 aromatic heterocycles. The van der Waals surface area contributed by atoms with E-state index in [1.54, 1.807) is 7.11 Å². The van der Waals surface area contributed by atoms with Crippen LogP contribution in [0.1, 0.15) is 38.8 Å². The van der Waals surface area contributed by atoms with Crippen molar-refractivity contribution in [3.05, 3.63) is 35.4 Å². The largest absolute Gasteiger partial charge is 0.444 e. The van der Waals surface area contributed by atoms with Crippen LogP contribution >= 0.6 is 24.0 Å². The molecule has 1 aromatic carbocycles. The van der Waals surface area contributed by atoms with Gasteiger partial charge in [0.2, 0.25) is 0 Å². The van der Waals surface area contributed by atoms with E-state index in [2.05, 4.69) is 27.0 Å². The van der Waals surface area contributed by atoms with Crippen LogP contribution in [0.2, 0.25) is 0 Å². The smallest absolute Gasteiger partial charge is 0.407 e. The molecule has 1 aromatic rings. The van der Waals surface area contributed by atoms with E-state index in [0.717, 1.165) is 17.7 Å². The van der Waals surface area contributed by atoms with E-state index in [1.807, 2.05) is 45.9 Å².